The standard InChI is InChI=1S/C23H37N5O2.HI/c1-7-24-23(26-15-13-20-17(3)27-28(5)18(20)4)25-14-9-10-19-11-12-21(29-6)22(16-19)30-8-2;/h11-12,16H,7-10,13-15H2,1-6H3,(H2,24,25,26);1H. The first-order chi connectivity index (χ1) is 14.5. The summed E-state index contributed by atoms with van der Waals surface area (Å²) in [4.78, 5) is 4.72. The summed E-state index contributed by atoms with van der Waals surface area (Å²) in [6, 6.07) is 6.12. The lowest BCUT2D eigenvalue weighted by molar-refractivity contribution is 0.310. The van der Waals surface area contributed by atoms with Crippen LogP contribution in [0.15, 0.2) is 23.2 Å². The Labute approximate surface area is 204 Å². The Morgan fingerprint density at radius 1 is 1.13 bits per heavy atom. The fourth-order valence-electron chi connectivity index (χ4n) is 3.45. The average Bonchev–Trinajstić information content (AvgIpc) is 2.97. The summed E-state index contributed by atoms with van der Waals surface area (Å²) in [5.74, 6) is 2.44. The number of hydrogen-bond donors (Lipinski definition) is 2. The van der Waals surface area contributed by atoms with E-state index in [0.29, 0.717) is 6.61 Å². The predicted octanol–water partition coefficient (Wildman–Crippen LogP) is 3.79. The average molecular weight is 543 g/mol. The Morgan fingerprint density at radius 2 is 1.90 bits per heavy atom. The molecule has 0 aliphatic heterocycles. The largest absolute Gasteiger partial charge is 0.493 e. The number of methoxy groups -OCH3 is 1. The van der Waals surface area contributed by atoms with Gasteiger partial charge in [0.2, 0.25) is 0 Å². The molecule has 0 spiro atoms. The van der Waals surface area contributed by atoms with E-state index >= 15 is 0 Å². The molecule has 2 aromatic rings. The lowest BCUT2D eigenvalue weighted by atomic mass is 10.1. The Balaban J connectivity index is 0.00000480. The van der Waals surface area contributed by atoms with Crippen LogP contribution in [0.25, 0.3) is 0 Å². The van der Waals surface area contributed by atoms with Gasteiger partial charge in [-0.25, -0.2) is 0 Å². The van der Waals surface area contributed by atoms with Gasteiger partial charge in [-0.2, -0.15) is 5.10 Å². The van der Waals surface area contributed by atoms with Crippen molar-refractivity contribution in [1.29, 1.82) is 0 Å². The van der Waals surface area contributed by atoms with Gasteiger partial charge in [0.1, 0.15) is 0 Å². The molecule has 0 amide bonds. The Bertz CT molecular complexity index is 836. The maximum absolute atomic E-state index is 5.67. The minimum absolute atomic E-state index is 0. The molecule has 2 rings (SSSR count). The van der Waals surface area contributed by atoms with Gasteiger partial charge in [0.25, 0.3) is 0 Å². The zero-order valence-electron chi connectivity index (χ0n) is 19.7. The normalized spacial score (nSPS) is 11.1. The number of aromatic nitrogens is 2. The van der Waals surface area contributed by atoms with Gasteiger partial charge in [0, 0.05) is 32.4 Å². The van der Waals surface area contributed by atoms with Crippen LogP contribution in [0.3, 0.4) is 0 Å². The van der Waals surface area contributed by atoms with E-state index in [1.54, 1.807) is 7.11 Å². The lowest BCUT2D eigenvalue weighted by Gasteiger charge is -2.12. The van der Waals surface area contributed by atoms with E-state index in [4.69, 9.17) is 14.5 Å². The highest BCUT2D eigenvalue weighted by Gasteiger charge is 2.09. The van der Waals surface area contributed by atoms with E-state index < -0.39 is 0 Å². The summed E-state index contributed by atoms with van der Waals surface area (Å²) in [5, 5.41) is 11.3. The third kappa shape index (κ3) is 8.23. The molecular weight excluding hydrogens is 505 g/mol. The van der Waals surface area contributed by atoms with Crippen molar-refractivity contribution in [2.45, 2.75) is 47.0 Å². The SMILES string of the molecule is CCNC(=NCCCc1ccc(OC)c(OCC)c1)NCCc1c(C)nn(C)c1C.I. The minimum Gasteiger partial charge on any atom is -0.493 e. The van der Waals surface area contributed by atoms with Crippen molar-refractivity contribution in [2.24, 2.45) is 12.0 Å². The van der Waals surface area contributed by atoms with Crippen LogP contribution in [0.5, 0.6) is 11.5 Å². The molecular formula is C23H38IN5O2. The molecule has 1 aromatic heterocycles. The lowest BCUT2D eigenvalue weighted by Crippen LogP contribution is -2.38. The number of nitrogens with one attached hydrogen (secondary N) is 2. The van der Waals surface area contributed by atoms with Crippen molar-refractivity contribution in [3.63, 3.8) is 0 Å². The molecule has 0 atom stereocenters. The second kappa shape index (κ2) is 14.2. The Kier molecular flexibility index (Phi) is 12.4. The van der Waals surface area contributed by atoms with Crippen molar-refractivity contribution < 1.29 is 9.47 Å². The number of halogens is 1. The predicted molar refractivity (Wildman–Crippen MR) is 138 cm³/mol. The summed E-state index contributed by atoms with van der Waals surface area (Å²) in [6.45, 7) is 11.3. The van der Waals surface area contributed by atoms with Crippen LogP contribution in [0.2, 0.25) is 0 Å². The number of hydrogen-bond acceptors (Lipinski definition) is 4. The molecule has 0 aliphatic carbocycles. The van der Waals surface area contributed by atoms with Crippen molar-refractivity contribution in [1.82, 2.24) is 20.4 Å². The van der Waals surface area contributed by atoms with Crippen molar-refractivity contribution in [2.75, 3.05) is 33.4 Å². The number of rotatable bonds is 11. The van der Waals surface area contributed by atoms with E-state index in [2.05, 4.69) is 48.6 Å². The molecule has 0 unspecified atom stereocenters. The van der Waals surface area contributed by atoms with Crippen LogP contribution in [0.1, 0.15) is 42.8 Å². The smallest absolute Gasteiger partial charge is 0.191 e. The summed E-state index contributed by atoms with van der Waals surface area (Å²) < 4.78 is 13.0. The van der Waals surface area contributed by atoms with Gasteiger partial charge in [0.05, 0.1) is 19.4 Å². The van der Waals surface area contributed by atoms with Crippen LogP contribution in [0, 0.1) is 13.8 Å². The first-order valence-electron chi connectivity index (χ1n) is 10.8. The molecule has 7 nitrogen and oxygen atoms in total. The monoisotopic (exact) mass is 543 g/mol. The zero-order chi connectivity index (χ0) is 21.9. The van der Waals surface area contributed by atoms with Crippen LogP contribution >= 0.6 is 24.0 Å². The molecule has 174 valence electrons. The first kappa shape index (κ1) is 27.1. The molecule has 0 saturated heterocycles. The molecule has 0 fully saturated rings. The highest BCUT2D eigenvalue weighted by Crippen LogP contribution is 2.28. The number of guanidine groups is 1. The van der Waals surface area contributed by atoms with E-state index in [-0.39, 0.29) is 24.0 Å². The van der Waals surface area contributed by atoms with E-state index in [1.807, 2.05) is 24.7 Å². The molecule has 1 aromatic carbocycles. The second-order valence-corrected chi connectivity index (χ2v) is 7.23. The van der Waals surface area contributed by atoms with Gasteiger partial charge in [-0.05, 0) is 70.2 Å². The minimum atomic E-state index is 0. The number of ether oxygens (including phenoxy) is 2. The van der Waals surface area contributed by atoms with Crippen molar-refractivity contribution in [3.8, 4) is 11.5 Å². The van der Waals surface area contributed by atoms with Crippen molar-refractivity contribution in [3.05, 3.63) is 40.7 Å². The summed E-state index contributed by atoms with van der Waals surface area (Å²) in [6.07, 6.45) is 2.85. The summed E-state index contributed by atoms with van der Waals surface area (Å²) in [5.41, 5.74) is 4.87. The quantitative estimate of drug-likeness (QED) is 0.195. The van der Waals surface area contributed by atoms with Gasteiger partial charge in [-0.3, -0.25) is 9.67 Å². The Hall–Kier alpha value is -1.97. The van der Waals surface area contributed by atoms with E-state index in [0.717, 1.165) is 62.0 Å². The molecule has 0 saturated carbocycles. The number of benzene rings is 1. The summed E-state index contributed by atoms with van der Waals surface area (Å²) in [7, 11) is 3.66. The maximum Gasteiger partial charge on any atom is 0.191 e. The highest BCUT2D eigenvalue weighted by molar-refractivity contribution is 14.0. The topological polar surface area (TPSA) is 72.7 Å². The zero-order valence-corrected chi connectivity index (χ0v) is 22.1. The van der Waals surface area contributed by atoms with Gasteiger partial charge in [-0.15, -0.1) is 24.0 Å². The Morgan fingerprint density at radius 3 is 2.52 bits per heavy atom. The number of aryl methyl sites for hydroxylation is 3. The molecule has 0 bridgehead atoms. The van der Waals surface area contributed by atoms with Gasteiger partial charge >= 0.3 is 0 Å². The number of aliphatic imine (C=N–C) groups is 1. The molecule has 0 aliphatic rings. The molecule has 2 N–H and O–H groups in total. The molecule has 8 heteroatoms. The highest BCUT2D eigenvalue weighted by atomic mass is 127. The van der Waals surface area contributed by atoms with Crippen LogP contribution in [-0.2, 0) is 19.9 Å². The van der Waals surface area contributed by atoms with Crippen molar-refractivity contribution >= 4 is 29.9 Å². The first-order valence-corrected chi connectivity index (χ1v) is 10.8. The van der Waals surface area contributed by atoms with Gasteiger partial charge < -0.3 is 20.1 Å². The fraction of sp³-hybridized carbons (Fsp3) is 0.565. The molecule has 31 heavy (non-hydrogen) atoms. The van der Waals surface area contributed by atoms with E-state index in [9.17, 15) is 0 Å². The maximum atomic E-state index is 5.67. The third-order valence-electron chi connectivity index (χ3n) is 5.09. The third-order valence-corrected chi connectivity index (χ3v) is 5.09. The fourth-order valence-corrected chi connectivity index (χ4v) is 3.45. The van der Waals surface area contributed by atoms with E-state index in [1.165, 1.54) is 16.8 Å². The van der Waals surface area contributed by atoms with Crippen LogP contribution in [0.4, 0.5) is 0 Å². The summed E-state index contributed by atoms with van der Waals surface area (Å²) >= 11 is 0. The van der Waals surface area contributed by atoms with Gasteiger partial charge in [0.15, 0.2) is 17.5 Å². The van der Waals surface area contributed by atoms with Crippen LogP contribution in [-0.4, -0.2) is 49.1 Å². The van der Waals surface area contributed by atoms with Crippen LogP contribution < -0.4 is 20.1 Å². The molecule has 1 heterocycles. The number of nitrogens with zero attached hydrogens (tertiary/aromatic N) is 3. The second-order valence-electron chi connectivity index (χ2n) is 7.23. The molecule has 0 radical (unpaired) electrons. The van der Waals surface area contributed by atoms with Gasteiger partial charge in [-0.1, -0.05) is 6.07 Å².